The van der Waals surface area contributed by atoms with Crippen LogP contribution in [-0.2, 0) is 22.0 Å². The van der Waals surface area contributed by atoms with Crippen LogP contribution in [0, 0.1) is 11.8 Å². The van der Waals surface area contributed by atoms with E-state index in [1.807, 2.05) is 43.3 Å². The van der Waals surface area contributed by atoms with Crippen molar-refractivity contribution in [3.05, 3.63) is 59.7 Å². The molecule has 0 atom stereocenters. The molecule has 0 saturated heterocycles. The molecule has 1 fully saturated rings. The average molecular weight is 536 g/mol. The van der Waals surface area contributed by atoms with Crippen LogP contribution in [-0.4, -0.2) is 45.6 Å². The zero-order valence-electron chi connectivity index (χ0n) is 20.9. The third kappa shape index (κ3) is 7.32. The van der Waals surface area contributed by atoms with Gasteiger partial charge in [0.25, 0.3) is 0 Å². The van der Waals surface area contributed by atoms with Crippen molar-refractivity contribution in [3.8, 4) is 0 Å². The first-order chi connectivity index (χ1) is 17.5. The maximum absolute atomic E-state index is 12.9. The molecule has 0 aliphatic heterocycles. The quantitative estimate of drug-likeness (QED) is 0.399. The lowest BCUT2D eigenvalue weighted by atomic mass is 9.82. The van der Waals surface area contributed by atoms with E-state index in [9.17, 15) is 21.6 Å². The first kappa shape index (κ1) is 27.1. The van der Waals surface area contributed by atoms with Gasteiger partial charge in [0.1, 0.15) is 5.82 Å². The Morgan fingerprint density at radius 1 is 0.946 bits per heavy atom. The topological polar surface area (TPSA) is 87.2 Å². The Kier molecular flexibility index (Phi) is 8.23. The average Bonchev–Trinajstić information content (AvgIpc) is 2.85. The van der Waals surface area contributed by atoms with Crippen molar-refractivity contribution in [3.63, 3.8) is 0 Å². The number of sulfonamides is 1. The van der Waals surface area contributed by atoms with Crippen molar-refractivity contribution in [1.29, 1.82) is 0 Å². The first-order valence-corrected chi connectivity index (χ1v) is 14.0. The number of aromatic nitrogens is 2. The predicted octanol–water partition coefficient (Wildman–Crippen LogP) is 5.05. The van der Waals surface area contributed by atoms with E-state index in [2.05, 4.69) is 20.0 Å². The Balaban J connectivity index is 1.25. The fourth-order valence-electron chi connectivity index (χ4n) is 4.71. The highest BCUT2D eigenvalue weighted by Crippen LogP contribution is 2.31. The first-order valence-electron chi connectivity index (χ1n) is 12.3. The summed E-state index contributed by atoms with van der Waals surface area (Å²) >= 11 is 0. The largest absolute Gasteiger partial charge is 0.416 e. The molecule has 3 aromatic rings. The smallest absolute Gasteiger partial charge is 0.362 e. The predicted molar refractivity (Wildman–Crippen MR) is 140 cm³/mol. The Bertz CT molecular complexity index is 1320. The van der Waals surface area contributed by atoms with Gasteiger partial charge in [0.15, 0.2) is 0 Å². The summed E-state index contributed by atoms with van der Waals surface area (Å²) in [6.45, 7) is 1.03. The van der Waals surface area contributed by atoms with Crippen molar-refractivity contribution in [1.82, 2.24) is 14.7 Å². The van der Waals surface area contributed by atoms with Crippen molar-refractivity contribution < 1.29 is 21.6 Å². The van der Waals surface area contributed by atoms with Crippen LogP contribution in [0.3, 0.4) is 0 Å². The molecule has 1 saturated carbocycles. The van der Waals surface area contributed by atoms with Crippen LogP contribution in [0.15, 0.2) is 48.5 Å². The zero-order chi connectivity index (χ0) is 26.6. The summed E-state index contributed by atoms with van der Waals surface area (Å²) < 4.78 is 66.3. The molecule has 0 unspecified atom stereocenters. The van der Waals surface area contributed by atoms with Gasteiger partial charge in [-0.05, 0) is 61.3 Å². The Morgan fingerprint density at radius 3 is 2.30 bits per heavy atom. The number of hydrogen-bond donors (Lipinski definition) is 2. The summed E-state index contributed by atoms with van der Waals surface area (Å²) in [6, 6.07) is 12.3. The van der Waals surface area contributed by atoms with Crippen LogP contribution >= 0.6 is 0 Å². The summed E-state index contributed by atoms with van der Waals surface area (Å²) in [4.78, 5) is 11.3. The molecule has 2 N–H and O–H groups in total. The van der Waals surface area contributed by atoms with Gasteiger partial charge in [-0.2, -0.15) is 18.2 Å². The molecule has 0 amide bonds. The minimum atomic E-state index is -4.50. The molecule has 7 nitrogen and oxygen atoms in total. The lowest BCUT2D eigenvalue weighted by molar-refractivity contribution is -0.137. The number of benzene rings is 2. The van der Waals surface area contributed by atoms with E-state index in [-0.39, 0.29) is 11.5 Å². The SMILES string of the molecule is CN(C)c1nc(NC[C@H]2CC[C@H](CNS(=O)(=O)Cc3cccc(C(F)(F)F)c3)CC2)nc2ccccc12. The second-order valence-electron chi connectivity index (χ2n) is 9.86. The van der Waals surface area contributed by atoms with Gasteiger partial charge in [0.2, 0.25) is 16.0 Å². The minimum Gasteiger partial charge on any atom is -0.362 e. The summed E-state index contributed by atoms with van der Waals surface area (Å²) in [5.41, 5.74) is 0.148. The fourth-order valence-corrected chi connectivity index (χ4v) is 5.92. The van der Waals surface area contributed by atoms with E-state index in [1.54, 1.807) is 0 Å². The molecule has 0 bridgehead atoms. The number of alkyl halides is 3. The van der Waals surface area contributed by atoms with Gasteiger partial charge in [0, 0.05) is 32.6 Å². The van der Waals surface area contributed by atoms with Crippen molar-refractivity contribution in [2.24, 2.45) is 11.8 Å². The molecule has 37 heavy (non-hydrogen) atoms. The van der Waals surface area contributed by atoms with E-state index in [0.29, 0.717) is 18.4 Å². The van der Waals surface area contributed by atoms with Crippen molar-refractivity contribution in [2.75, 3.05) is 37.4 Å². The highest BCUT2D eigenvalue weighted by Gasteiger charge is 2.31. The van der Waals surface area contributed by atoms with Crippen LogP contribution < -0.4 is 14.9 Å². The summed E-state index contributed by atoms with van der Waals surface area (Å²) in [6.07, 6.45) is -0.863. The normalized spacial score (nSPS) is 18.6. The second-order valence-corrected chi connectivity index (χ2v) is 11.7. The van der Waals surface area contributed by atoms with E-state index in [4.69, 9.17) is 0 Å². The number of para-hydroxylation sites is 1. The molecule has 1 aromatic heterocycles. The number of fused-ring (bicyclic) bond motifs is 1. The lowest BCUT2D eigenvalue weighted by Gasteiger charge is -2.28. The number of halogens is 3. The van der Waals surface area contributed by atoms with Gasteiger partial charge in [-0.25, -0.2) is 18.1 Å². The highest BCUT2D eigenvalue weighted by atomic mass is 32.2. The van der Waals surface area contributed by atoms with Crippen LogP contribution in [0.1, 0.15) is 36.8 Å². The maximum Gasteiger partial charge on any atom is 0.416 e. The van der Waals surface area contributed by atoms with Gasteiger partial charge in [0.05, 0.1) is 16.8 Å². The zero-order valence-corrected chi connectivity index (χ0v) is 21.7. The fraction of sp³-hybridized carbons (Fsp3) is 0.462. The summed E-state index contributed by atoms with van der Waals surface area (Å²) in [5.74, 6) is 1.60. The number of rotatable bonds is 9. The molecule has 1 heterocycles. The third-order valence-electron chi connectivity index (χ3n) is 6.72. The van der Waals surface area contributed by atoms with Gasteiger partial charge in [-0.1, -0.05) is 30.3 Å². The molecule has 1 aliphatic carbocycles. The van der Waals surface area contributed by atoms with Gasteiger partial charge >= 0.3 is 6.18 Å². The number of hydrogen-bond acceptors (Lipinski definition) is 6. The molecule has 0 spiro atoms. The van der Waals surface area contributed by atoms with Crippen LogP contribution in [0.2, 0.25) is 0 Å². The Morgan fingerprint density at radius 2 is 1.62 bits per heavy atom. The third-order valence-corrected chi connectivity index (χ3v) is 8.04. The van der Waals surface area contributed by atoms with Gasteiger partial charge < -0.3 is 10.2 Å². The monoisotopic (exact) mass is 535 g/mol. The van der Waals surface area contributed by atoms with Gasteiger partial charge in [-0.15, -0.1) is 0 Å². The maximum atomic E-state index is 12.9. The van der Waals surface area contributed by atoms with Crippen molar-refractivity contribution >= 4 is 32.7 Å². The molecule has 1 aliphatic rings. The number of anilines is 2. The van der Waals surface area contributed by atoms with Crippen LogP contribution in [0.4, 0.5) is 24.9 Å². The minimum absolute atomic E-state index is 0.116. The molecule has 4 rings (SSSR count). The van der Waals surface area contributed by atoms with Crippen LogP contribution in [0.5, 0.6) is 0 Å². The molecular formula is C26H32F3N5O2S. The standard InChI is InChI=1S/C26H32F3N5O2S/c1-34(2)24-22-8-3-4-9-23(22)32-25(33-24)30-15-18-10-12-19(13-11-18)16-31-37(35,36)17-20-6-5-7-21(14-20)26(27,28)29/h3-9,14,18-19,31H,10-13,15-17H2,1-2H3,(H,30,32,33)/t18-,19-. The highest BCUT2D eigenvalue weighted by molar-refractivity contribution is 7.88. The van der Waals surface area contributed by atoms with Gasteiger partial charge in [-0.3, -0.25) is 0 Å². The van der Waals surface area contributed by atoms with E-state index in [1.165, 1.54) is 12.1 Å². The molecule has 200 valence electrons. The Labute approximate surface area is 215 Å². The molecule has 0 radical (unpaired) electrons. The van der Waals surface area contributed by atoms with E-state index >= 15 is 0 Å². The summed E-state index contributed by atoms with van der Waals surface area (Å²) in [7, 11) is 0.169. The summed E-state index contributed by atoms with van der Waals surface area (Å²) in [5, 5.41) is 4.37. The molecule has 2 aromatic carbocycles. The number of nitrogens with zero attached hydrogens (tertiary/aromatic N) is 3. The second kappa shape index (κ2) is 11.2. The van der Waals surface area contributed by atoms with Crippen LogP contribution in [0.25, 0.3) is 10.9 Å². The molecule has 11 heteroatoms. The van der Waals surface area contributed by atoms with Crippen molar-refractivity contribution in [2.45, 2.75) is 37.6 Å². The Hall–Kier alpha value is -2.92. The molecular weight excluding hydrogens is 503 g/mol. The van der Waals surface area contributed by atoms with E-state index in [0.717, 1.165) is 61.1 Å². The number of nitrogens with one attached hydrogen (secondary N) is 2. The lowest BCUT2D eigenvalue weighted by Crippen LogP contribution is -2.33. The van der Waals surface area contributed by atoms with E-state index < -0.39 is 27.5 Å².